The van der Waals surface area contributed by atoms with Gasteiger partial charge in [-0.25, -0.2) is 5.43 Å². The predicted octanol–water partition coefficient (Wildman–Crippen LogP) is 3.06. The predicted molar refractivity (Wildman–Crippen MR) is 96.9 cm³/mol. The second-order valence-corrected chi connectivity index (χ2v) is 5.49. The molecule has 8 nitrogen and oxygen atoms in total. The van der Waals surface area contributed by atoms with Gasteiger partial charge in [0, 0.05) is 23.3 Å². The number of non-ortho nitro benzene ring substituents is 1. The molecule has 130 valence electrons. The van der Waals surface area contributed by atoms with Crippen molar-refractivity contribution in [2.75, 3.05) is 0 Å². The molecule has 3 rings (SSSR count). The van der Waals surface area contributed by atoms with E-state index in [-0.39, 0.29) is 5.69 Å². The van der Waals surface area contributed by atoms with Crippen molar-refractivity contribution in [3.8, 4) is 11.3 Å². The molecule has 1 amide bonds. The van der Waals surface area contributed by atoms with Crippen molar-refractivity contribution in [3.63, 3.8) is 0 Å². The third-order valence-corrected chi connectivity index (χ3v) is 3.77. The fourth-order valence-corrected chi connectivity index (χ4v) is 2.40. The second kappa shape index (κ2) is 7.39. The van der Waals surface area contributed by atoms with Crippen LogP contribution in [0.15, 0.2) is 59.7 Å². The molecule has 0 unspecified atom stereocenters. The quantitative estimate of drug-likeness (QED) is 0.418. The Morgan fingerprint density at radius 3 is 2.54 bits per heavy atom. The molecule has 0 aliphatic carbocycles. The van der Waals surface area contributed by atoms with Gasteiger partial charge in [-0.3, -0.25) is 20.0 Å². The van der Waals surface area contributed by atoms with Crippen LogP contribution in [0.4, 0.5) is 5.69 Å². The number of amides is 1. The van der Waals surface area contributed by atoms with Crippen LogP contribution in [0.5, 0.6) is 0 Å². The molecular weight excluding hydrogens is 334 g/mol. The molecule has 8 heteroatoms. The maximum absolute atomic E-state index is 12.3. The molecule has 0 radical (unpaired) electrons. The molecule has 2 N–H and O–H groups in total. The van der Waals surface area contributed by atoms with Crippen LogP contribution in [0.1, 0.15) is 21.6 Å². The molecule has 3 aromatic rings. The first-order valence-corrected chi connectivity index (χ1v) is 7.74. The minimum absolute atomic E-state index is 0.00675. The van der Waals surface area contributed by atoms with E-state index >= 15 is 0 Å². The highest BCUT2D eigenvalue weighted by atomic mass is 16.6. The van der Waals surface area contributed by atoms with E-state index in [1.807, 2.05) is 30.3 Å². The van der Waals surface area contributed by atoms with Crippen LogP contribution in [0.3, 0.4) is 0 Å². The SMILES string of the molecule is Cc1c(-c2ccccc2)n[nH]c1C(=O)NN=Cc1ccc([N+](=O)[O-])cc1. The third kappa shape index (κ3) is 3.64. The van der Waals surface area contributed by atoms with Crippen molar-refractivity contribution in [1.82, 2.24) is 15.6 Å². The van der Waals surface area contributed by atoms with E-state index in [1.54, 1.807) is 19.1 Å². The third-order valence-electron chi connectivity index (χ3n) is 3.77. The first-order chi connectivity index (χ1) is 12.6. The zero-order chi connectivity index (χ0) is 18.5. The largest absolute Gasteiger partial charge is 0.289 e. The molecule has 0 aliphatic rings. The number of hydrazone groups is 1. The number of nitrogens with zero attached hydrogens (tertiary/aromatic N) is 3. The van der Waals surface area contributed by atoms with Gasteiger partial charge < -0.3 is 0 Å². The van der Waals surface area contributed by atoms with Crippen molar-refractivity contribution in [2.24, 2.45) is 5.10 Å². The molecular formula is C18H15N5O3. The van der Waals surface area contributed by atoms with Gasteiger partial charge >= 0.3 is 0 Å². The summed E-state index contributed by atoms with van der Waals surface area (Å²) in [5.74, 6) is -0.421. The van der Waals surface area contributed by atoms with Crippen molar-refractivity contribution in [2.45, 2.75) is 6.92 Å². The summed E-state index contributed by atoms with van der Waals surface area (Å²) in [6.07, 6.45) is 1.41. The fourth-order valence-electron chi connectivity index (χ4n) is 2.40. The van der Waals surface area contributed by atoms with Crippen molar-refractivity contribution in [1.29, 1.82) is 0 Å². The molecule has 1 aromatic heterocycles. The van der Waals surface area contributed by atoms with Gasteiger partial charge in [-0.2, -0.15) is 10.2 Å². The van der Waals surface area contributed by atoms with E-state index in [4.69, 9.17) is 0 Å². The van der Waals surface area contributed by atoms with Crippen LogP contribution in [-0.4, -0.2) is 27.2 Å². The number of nitro groups is 1. The summed E-state index contributed by atoms with van der Waals surface area (Å²) in [5.41, 5.74) is 5.70. The Bertz CT molecular complexity index is 962. The fraction of sp³-hybridized carbons (Fsp3) is 0.0556. The summed E-state index contributed by atoms with van der Waals surface area (Å²) in [6.45, 7) is 1.81. The molecule has 26 heavy (non-hydrogen) atoms. The Balaban J connectivity index is 1.69. The van der Waals surface area contributed by atoms with Crippen molar-refractivity contribution < 1.29 is 9.72 Å². The van der Waals surface area contributed by atoms with Crippen molar-refractivity contribution >= 4 is 17.8 Å². The monoisotopic (exact) mass is 349 g/mol. The number of H-pyrrole nitrogens is 1. The standard InChI is InChI=1S/C18H15N5O3/c1-12-16(14-5-3-2-4-6-14)20-21-17(12)18(24)22-19-11-13-7-9-15(10-8-13)23(25)26/h2-11H,1H3,(H,20,21)(H,22,24). The summed E-state index contributed by atoms with van der Waals surface area (Å²) in [4.78, 5) is 22.4. The highest BCUT2D eigenvalue weighted by Crippen LogP contribution is 2.22. The lowest BCUT2D eigenvalue weighted by atomic mass is 10.1. The summed E-state index contributed by atoms with van der Waals surface area (Å²) in [6, 6.07) is 15.4. The Kier molecular flexibility index (Phi) is 4.84. The number of carbonyl (C=O) groups is 1. The Morgan fingerprint density at radius 2 is 1.88 bits per heavy atom. The van der Waals surface area contributed by atoms with Gasteiger partial charge in [0.1, 0.15) is 5.69 Å². The summed E-state index contributed by atoms with van der Waals surface area (Å²) < 4.78 is 0. The van der Waals surface area contributed by atoms with Gasteiger partial charge in [0.05, 0.1) is 16.8 Å². The maximum atomic E-state index is 12.3. The van der Waals surface area contributed by atoms with Gasteiger partial charge in [-0.15, -0.1) is 0 Å². The van der Waals surface area contributed by atoms with Crippen LogP contribution in [0.2, 0.25) is 0 Å². The molecule has 0 fully saturated rings. The lowest BCUT2D eigenvalue weighted by Crippen LogP contribution is -2.19. The van der Waals surface area contributed by atoms with E-state index < -0.39 is 10.8 Å². The molecule has 0 atom stereocenters. The number of aromatic nitrogens is 2. The minimum atomic E-state index is -0.478. The summed E-state index contributed by atoms with van der Waals surface area (Å²) in [7, 11) is 0. The van der Waals surface area contributed by atoms with E-state index in [2.05, 4.69) is 20.7 Å². The van der Waals surface area contributed by atoms with Crippen LogP contribution in [0, 0.1) is 17.0 Å². The number of hydrogen-bond donors (Lipinski definition) is 2. The zero-order valence-corrected chi connectivity index (χ0v) is 13.8. The number of rotatable bonds is 5. The average molecular weight is 349 g/mol. The van der Waals surface area contributed by atoms with Crippen LogP contribution < -0.4 is 5.43 Å². The number of benzene rings is 2. The van der Waals surface area contributed by atoms with E-state index in [9.17, 15) is 14.9 Å². The smallest absolute Gasteiger partial charge is 0.272 e. The van der Waals surface area contributed by atoms with Gasteiger partial charge in [0.2, 0.25) is 0 Å². The Morgan fingerprint density at radius 1 is 1.19 bits per heavy atom. The summed E-state index contributed by atoms with van der Waals surface area (Å²) >= 11 is 0. The topological polar surface area (TPSA) is 113 Å². The second-order valence-electron chi connectivity index (χ2n) is 5.49. The summed E-state index contributed by atoms with van der Waals surface area (Å²) in [5, 5.41) is 21.4. The first kappa shape index (κ1) is 17.0. The number of carbonyl (C=O) groups excluding carboxylic acids is 1. The molecule has 2 aromatic carbocycles. The van der Waals surface area contributed by atoms with E-state index in [0.717, 1.165) is 11.1 Å². The highest BCUT2D eigenvalue weighted by molar-refractivity contribution is 5.95. The zero-order valence-electron chi connectivity index (χ0n) is 13.8. The molecule has 0 spiro atoms. The Hall–Kier alpha value is -3.81. The van der Waals surface area contributed by atoms with Gasteiger partial charge in [0.25, 0.3) is 11.6 Å². The van der Waals surface area contributed by atoms with Gasteiger partial charge in [-0.05, 0) is 24.6 Å². The lowest BCUT2D eigenvalue weighted by Gasteiger charge is -2.00. The van der Waals surface area contributed by atoms with Crippen LogP contribution >= 0.6 is 0 Å². The molecule has 0 saturated heterocycles. The average Bonchev–Trinajstić information content (AvgIpc) is 3.04. The first-order valence-electron chi connectivity index (χ1n) is 7.74. The van der Waals surface area contributed by atoms with E-state index in [1.165, 1.54) is 18.3 Å². The highest BCUT2D eigenvalue weighted by Gasteiger charge is 2.16. The molecule has 0 aliphatic heterocycles. The van der Waals surface area contributed by atoms with E-state index in [0.29, 0.717) is 17.0 Å². The minimum Gasteiger partial charge on any atom is -0.272 e. The number of nitrogens with one attached hydrogen (secondary N) is 2. The van der Waals surface area contributed by atoms with Crippen LogP contribution in [0.25, 0.3) is 11.3 Å². The molecule has 0 saturated carbocycles. The van der Waals surface area contributed by atoms with Gasteiger partial charge in [-0.1, -0.05) is 30.3 Å². The van der Waals surface area contributed by atoms with Gasteiger partial charge in [0.15, 0.2) is 0 Å². The molecule has 1 heterocycles. The number of nitro benzene ring substituents is 1. The maximum Gasteiger partial charge on any atom is 0.289 e. The lowest BCUT2D eigenvalue weighted by molar-refractivity contribution is -0.384. The number of aromatic amines is 1. The molecule has 0 bridgehead atoms. The van der Waals surface area contributed by atoms with Crippen LogP contribution in [-0.2, 0) is 0 Å². The Labute approximate surface area is 148 Å². The number of hydrogen-bond acceptors (Lipinski definition) is 5. The van der Waals surface area contributed by atoms with Crippen molar-refractivity contribution in [3.05, 3.63) is 81.5 Å². The normalized spacial score (nSPS) is 10.8.